The monoisotopic (exact) mass is 200 g/mol. The normalized spacial score (nSPS) is 9.75. The van der Waals surface area contributed by atoms with Gasteiger partial charge in [0.05, 0.1) is 5.56 Å². The quantitative estimate of drug-likeness (QED) is 0.761. The molecule has 2 nitrogen and oxygen atoms in total. The molecule has 1 atom stereocenters. The molecular weight excluding hydrogens is 191 g/mol. The second kappa shape index (κ2) is 4.48. The van der Waals surface area contributed by atoms with Crippen LogP contribution in [0.3, 0.4) is 0 Å². The van der Waals surface area contributed by atoms with Gasteiger partial charge in [0.15, 0.2) is 0 Å². The van der Waals surface area contributed by atoms with Crippen molar-refractivity contribution in [2.75, 3.05) is 0 Å². The summed E-state index contributed by atoms with van der Waals surface area (Å²) >= 11 is 1.64. The molecule has 1 aromatic carbocycles. The van der Waals surface area contributed by atoms with Crippen LogP contribution in [0, 0.1) is 0 Å². The molecule has 1 unspecified atom stereocenters. The number of aromatic carboxylic acids is 1. The molecule has 0 radical (unpaired) electrons. The summed E-state index contributed by atoms with van der Waals surface area (Å²) < 4.78 is 0. The highest BCUT2D eigenvalue weighted by atomic mass is 32.7. The summed E-state index contributed by atoms with van der Waals surface area (Å²) in [6.45, 7) is 0. The molecule has 0 saturated heterocycles. The lowest BCUT2D eigenvalue weighted by Crippen LogP contribution is -1.95. The van der Waals surface area contributed by atoms with E-state index in [9.17, 15) is 4.79 Å². The summed E-state index contributed by atoms with van der Waals surface area (Å²) in [6.07, 6.45) is 0. The predicted octanol–water partition coefficient (Wildman–Crippen LogP) is 2.41. The zero-order chi connectivity index (χ0) is 8.97. The Labute approximate surface area is 77.3 Å². The van der Waals surface area contributed by atoms with Crippen molar-refractivity contribution in [1.82, 2.24) is 0 Å². The lowest BCUT2D eigenvalue weighted by molar-refractivity contribution is 0.0697. The molecule has 0 fully saturated rings. The molecule has 0 saturated carbocycles. The molecule has 0 heterocycles. The maximum Gasteiger partial charge on any atom is 0.335 e. The minimum Gasteiger partial charge on any atom is -0.478 e. The van der Waals surface area contributed by atoms with Crippen LogP contribution in [0.1, 0.15) is 15.9 Å². The van der Waals surface area contributed by atoms with Gasteiger partial charge in [0.25, 0.3) is 0 Å². The first-order valence-electron chi connectivity index (χ1n) is 3.38. The average molecular weight is 200 g/mol. The third kappa shape index (κ3) is 2.50. The molecule has 0 aliphatic heterocycles. The summed E-state index contributed by atoms with van der Waals surface area (Å²) in [4.78, 5) is 10.5. The SMILES string of the molecule is O=C(O)c1ccc(CSP)cc1. The van der Waals surface area contributed by atoms with E-state index in [1.807, 2.05) is 12.1 Å². The molecule has 1 rings (SSSR count). The smallest absolute Gasteiger partial charge is 0.335 e. The van der Waals surface area contributed by atoms with Gasteiger partial charge < -0.3 is 5.11 Å². The van der Waals surface area contributed by atoms with E-state index >= 15 is 0 Å². The number of carbonyl (C=O) groups is 1. The van der Waals surface area contributed by atoms with Gasteiger partial charge in [-0.15, -0.1) is 11.4 Å². The number of hydrogen-bond acceptors (Lipinski definition) is 2. The van der Waals surface area contributed by atoms with E-state index in [4.69, 9.17) is 5.11 Å². The van der Waals surface area contributed by atoms with Crippen LogP contribution >= 0.6 is 19.8 Å². The molecule has 1 aromatic rings. The fourth-order valence-corrected chi connectivity index (χ4v) is 1.80. The van der Waals surface area contributed by atoms with E-state index < -0.39 is 5.97 Å². The van der Waals surface area contributed by atoms with Crippen molar-refractivity contribution in [3.05, 3.63) is 35.4 Å². The topological polar surface area (TPSA) is 37.3 Å². The van der Waals surface area contributed by atoms with Crippen LogP contribution in [-0.4, -0.2) is 11.1 Å². The Morgan fingerprint density at radius 1 is 1.42 bits per heavy atom. The second-order valence-corrected chi connectivity index (χ2v) is 3.94. The van der Waals surface area contributed by atoms with Gasteiger partial charge in [0.1, 0.15) is 0 Å². The first-order chi connectivity index (χ1) is 5.74. The summed E-state index contributed by atoms with van der Waals surface area (Å²) in [5.41, 5.74) is 1.48. The van der Waals surface area contributed by atoms with Crippen LogP contribution in [0.15, 0.2) is 24.3 Å². The maximum atomic E-state index is 10.5. The highest BCUT2D eigenvalue weighted by molar-refractivity contribution is 8.43. The molecule has 12 heavy (non-hydrogen) atoms. The zero-order valence-corrected chi connectivity index (χ0v) is 8.33. The summed E-state index contributed by atoms with van der Waals surface area (Å²) in [6, 6.07) is 6.91. The van der Waals surface area contributed by atoms with Crippen molar-refractivity contribution in [3.63, 3.8) is 0 Å². The van der Waals surface area contributed by atoms with Gasteiger partial charge in [0.2, 0.25) is 0 Å². The van der Waals surface area contributed by atoms with Crippen molar-refractivity contribution >= 4 is 25.8 Å². The number of hydrogen-bond donors (Lipinski definition) is 1. The first kappa shape index (κ1) is 9.56. The predicted molar refractivity (Wildman–Crippen MR) is 54.4 cm³/mol. The van der Waals surface area contributed by atoms with Crippen molar-refractivity contribution in [2.24, 2.45) is 0 Å². The van der Waals surface area contributed by atoms with Crippen molar-refractivity contribution in [1.29, 1.82) is 0 Å². The van der Waals surface area contributed by atoms with Crippen LogP contribution in [0.2, 0.25) is 0 Å². The van der Waals surface area contributed by atoms with Gasteiger partial charge in [-0.25, -0.2) is 4.79 Å². The van der Waals surface area contributed by atoms with Gasteiger partial charge in [-0.1, -0.05) is 20.6 Å². The Kier molecular flexibility index (Phi) is 3.57. The van der Waals surface area contributed by atoms with Crippen LogP contribution in [-0.2, 0) is 5.75 Å². The van der Waals surface area contributed by atoms with Crippen LogP contribution in [0.25, 0.3) is 0 Å². The molecule has 0 aliphatic carbocycles. The minimum absolute atomic E-state index is 0.340. The van der Waals surface area contributed by atoms with E-state index in [-0.39, 0.29) is 0 Å². The number of rotatable bonds is 3. The number of carboxylic acids is 1. The van der Waals surface area contributed by atoms with Crippen LogP contribution < -0.4 is 0 Å². The standard InChI is InChI=1S/C8H9O2PS/c9-8(10)7-3-1-6(2-4-7)5-12-11/h1-4H,5,11H2,(H,9,10). The Morgan fingerprint density at radius 3 is 2.42 bits per heavy atom. The molecule has 64 valence electrons. The minimum atomic E-state index is -0.875. The molecule has 0 aromatic heterocycles. The maximum absolute atomic E-state index is 10.5. The Balaban J connectivity index is 2.78. The van der Waals surface area contributed by atoms with E-state index in [1.165, 1.54) is 0 Å². The third-order valence-electron chi connectivity index (χ3n) is 1.45. The Bertz CT molecular complexity index is 271. The van der Waals surface area contributed by atoms with Gasteiger partial charge in [0, 0.05) is 5.75 Å². The summed E-state index contributed by atoms with van der Waals surface area (Å²) in [5, 5.41) is 8.60. The van der Waals surface area contributed by atoms with Gasteiger partial charge in [-0.3, -0.25) is 0 Å². The van der Waals surface area contributed by atoms with Crippen LogP contribution in [0.4, 0.5) is 0 Å². The van der Waals surface area contributed by atoms with Crippen molar-refractivity contribution in [3.8, 4) is 0 Å². The largest absolute Gasteiger partial charge is 0.478 e. The van der Waals surface area contributed by atoms with E-state index in [0.717, 1.165) is 11.3 Å². The summed E-state index contributed by atoms with van der Waals surface area (Å²) in [7, 11) is 2.56. The Morgan fingerprint density at radius 2 is 2.00 bits per heavy atom. The van der Waals surface area contributed by atoms with E-state index in [1.54, 1.807) is 23.5 Å². The first-order valence-corrected chi connectivity index (χ1v) is 5.84. The molecule has 0 amide bonds. The molecule has 0 spiro atoms. The molecule has 4 heteroatoms. The van der Waals surface area contributed by atoms with E-state index in [2.05, 4.69) is 8.44 Å². The molecule has 1 N–H and O–H groups in total. The average Bonchev–Trinajstić information content (AvgIpc) is 2.06. The second-order valence-electron chi connectivity index (χ2n) is 2.31. The van der Waals surface area contributed by atoms with Crippen LogP contribution in [0.5, 0.6) is 0 Å². The van der Waals surface area contributed by atoms with Crippen molar-refractivity contribution in [2.45, 2.75) is 5.75 Å². The van der Waals surface area contributed by atoms with Gasteiger partial charge in [-0.2, -0.15) is 0 Å². The fraction of sp³-hybridized carbons (Fsp3) is 0.125. The highest BCUT2D eigenvalue weighted by Gasteiger charge is 2.00. The zero-order valence-electron chi connectivity index (χ0n) is 6.36. The third-order valence-corrected chi connectivity index (χ3v) is 2.45. The fourth-order valence-electron chi connectivity index (χ4n) is 0.840. The Hall–Kier alpha value is -0.530. The number of benzene rings is 1. The van der Waals surface area contributed by atoms with Gasteiger partial charge in [-0.05, 0) is 17.7 Å². The highest BCUT2D eigenvalue weighted by Crippen LogP contribution is 2.18. The lowest BCUT2D eigenvalue weighted by atomic mass is 10.1. The molecule has 0 aliphatic rings. The molecular formula is C8H9O2PS. The lowest BCUT2D eigenvalue weighted by Gasteiger charge is -1.98. The molecule has 0 bridgehead atoms. The van der Waals surface area contributed by atoms with Gasteiger partial charge >= 0.3 is 5.97 Å². The summed E-state index contributed by atoms with van der Waals surface area (Å²) in [5.74, 6) is 0.0185. The number of carboxylic acid groups (broad SMARTS) is 1. The van der Waals surface area contributed by atoms with Crippen molar-refractivity contribution < 1.29 is 9.90 Å². The van der Waals surface area contributed by atoms with E-state index in [0.29, 0.717) is 5.56 Å².